The molecule has 1 fully saturated rings. The molecule has 3 aromatic heterocycles. The van der Waals surface area contributed by atoms with Crippen LogP contribution in [0.25, 0.3) is 17.0 Å². The minimum absolute atomic E-state index is 0.0720. The van der Waals surface area contributed by atoms with E-state index in [1.807, 2.05) is 11.8 Å². The number of ether oxygens (including phenoxy) is 1. The molecule has 10 heteroatoms. The third kappa shape index (κ3) is 3.21. The Balaban J connectivity index is 1.73. The van der Waals surface area contributed by atoms with Crippen LogP contribution in [0, 0.1) is 0 Å². The number of alkyl halides is 2. The molecule has 0 aliphatic carbocycles. The van der Waals surface area contributed by atoms with E-state index in [0.717, 1.165) is 0 Å². The molecule has 27 heavy (non-hydrogen) atoms. The Bertz CT molecular complexity index is 950. The molecule has 0 saturated carbocycles. The van der Waals surface area contributed by atoms with Gasteiger partial charge in [0, 0.05) is 12.6 Å². The first kappa shape index (κ1) is 17.7. The van der Waals surface area contributed by atoms with E-state index in [2.05, 4.69) is 20.1 Å². The predicted octanol–water partition coefficient (Wildman–Crippen LogP) is 1.71. The van der Waals surface area contributed by atoms with E-state index in [1.165, 1.54) is 23.0 Å². The van der Waals surface area contributed by atoms with E-state index in [1.54, 1.807) is 12.3 Å². The van der Waals surface area contributed by atoms with Gasteiger partial charge in [0.2, 0.25) is 0 Å². The van der Waals surface area contributed by atoms with Gasteiger partial charge in [-0.25, -0.2) is 28.2 Å². The van der Waals surface area contributed by atoms with Crippen LogP contribution in [0.3, 0.4) is 0 Å². The first-order valence-corrected chi connectivity index (χ1v) is 8.53. The van der Waals surface area contributed by atoms with Crippen LogP contribution in [0.15, 0.2) is 30.7 Å². The maximum atomic E-state index is 13.0. The van der Waals surface area contributed by atoms with Crippen LogP contribution < -0.4 is 4.90 Å². The Hall–Kier alpha value is -2.72. The Kier molecular flexibility index (Phi) is 4.66. The van der Waals surface area contributed by atoms with Gasteiger partial charge in [0.1, 0.15) is 29.6 Å². The Labute approximate surface area is 153 Å². The summed E-state index contributed by atoms with van der Waals surface area (Å²) in [5.74, 6) is 0.661. The third-order valence-electron chi connectivity index (χ3n) is 4.69. The monoisotopic (exact) mass is 376 g/mol. The van der Waals surface area contributed by atoms with Crippen LogP contribution >= 0.6 is 0 Å². The lowest BCUT2D eigenvalue weighted by Crippen LogP contribution is -2.51. The van der Waals surface area contributed by atoms with Gasteiger partial charge in [0.25, 0.3) is 6.43 Å². The summed E-state index contributed by atoms with van der Waals surface area (Å²) in [6.45, 7) is 2.97. The lowest BCUT2D eigenvalue weighted by atomic mass is 10.1. The number of halogens is 2. The van der Waals surface area contributed by atoms with Gasteiger partial charge in [0.05, 0.1) is 31.1 Å². The van der Waals surface area contributed by atoms with E-state index in [4.69, 9.17) is 4.74 Å². The zero-order valence-corrected chi connectivity index (χ0v) is 14.5. The molecule has 0 bridgehead atoms. The summed E-state index contributed by atoms with van der Waals surface area (Å²) >= 11 is 0. The molecule has 4 rings (SSSR count). The summed E-state index contributed by atoms with van der Waals surface area (Å²) in [5.41, 5.74) is 1.14. The molecule has 0 radical (unpaired) electrons. The SMILES string of the molecule is CC1C(CO)OCCN1c1cc(-c2cnc3ccc(C(F)F)nn23)ncn1. The van der Waals surface area contributed by atoms with Crippen LogP contribution in [-0.2, 0) is 4.74 Å². The third-order valence-corrected chi connectivity index (χ3v) is 4.69. The highest BCUT2D eigenvalue weighted by Gasteiger charge is 2.29. The van der Waals surface area contributed by atoms with Crippen molar-refractivity contribution >= 4 is 11.5 Å². The molecule has 2 atom stereocenters. The van der Waals surface area contributed by atoms with E-state index in [-0.39, 0.29) is 24.4 Å². The van der Waals surface area contributed by atoms with Gasteiger partial charge in [-0.05, 0) is 19.1 Å². The largest absolute Gasteiger partial charge is 0.394 e. The van der Waals surface area contributed by atoms with Crippen LogP contribution in [0.1, 0.15) is 19.0 Å². The number of hydrogen-bond acceptors (Lipinski definition) is 7. The summed E-state index contributed by atoms with van der Waals surface area (Å²) in [6, 6.07) is 4.44. The molecule has 0 amide bonds. The zero-order valence-electron chi connectivity index (χ0n) is 14.5. The standard InChI is InChI=1S/C17H18F2N6O2/c1-10-14(8-26)27-5-4-24(10)16-6-12(21-9-22-16)13-7-20-15-3-2-11(17(18)19)23-25(13)15/h2-3,6-7,9-10,14,17,26H,4-5,8H2,1H3. The molecule has 2 unspecified atom stereocenters. The van der Waals surface area contributed by atoms with Gasteiger partial charge in [0.15, 0.2) is 5.65 Å². The van der Waals surface area contributed by atoms with Crippen molar-refractivity contribution in [3.05, 3.63) is 36.4 Å². The molecule has 8 nitrogen and oxygen atoms in total. The van der Waals surface area contributed by atoms with Gasteiger partial charge in [-0.1, -0.05) is 0 Å². The molecule has 0 aromatic carbocycles. The average Bonchev–Trinajstić information content (AvgIpc) is 3.11. The highest BCUT2D eigenvalue weighted by atomic mass is 19.3. The van der Waals surface area contributed by atoms with Crippen LogP contribution in [-0.4, -0.2) is 61.6 Å². The first-order valence-electron chi connectivity index (χ1n) is 8.53. The van der Waals surface area contributed by atoms with Gasteiger partial charge >= 0.3 is 0 Å². The van der Waals surface area contributed by atoms with Gasteiger partial charge in [-0.15, -0.1) is 0 Å². The Morgan fingerprint density at radius 3 is 2.93 bits per heavy atom. The highest BCUT2D eigenvalue weighted by molar-refractivity contribution is 5.62. The summed E-state index contributed by atoms with van der Waals surface area (Å²) < 4.78 is 32.9. The molecule has 0 spiro atoms. The van der Waals surface area contributed by atoms with Crippen LogP contribution in [0.5, 0.6) is 0 Å². The molecule has 142 valence electrons. The number of anilines is 1. The lowest BCUT2D eigenvalue weighted by Gasteiger charge is -2.39. The zero-order chi connectivity index (χ0) is 19.0. The van der Waals surface area contributed by atoms with E-state index in [9.17, 15) is 13.9 Å². The number of hydrogen-bond donors (Lipinski definition) is 1. The molecular formula is C17H18F2N6O2. The normalized spacial score (nSPS) is 20.6. The fourth-order valence-electron chi connectivity index (χ4n) is 3.20. The maximum Gasteiger partial charge on any atom is 0.282 e. The quantitative estimate of drug-likeness (QED) is 0.741. The second-order valence-electron chi connectivity index (χ2n) is 6.26. The minimum Gasteiger partial charge on any atom is -0.394 e. The topological polar surface area (TPSA) is 88.7 Å². The summed E-state index contributed by atoms with van der Waals surface area (Å²) in [7, 11) is 0. The Morgan fingerprint density at radius 2 is 2.15 bits per heavy atom. The number of rotatable bonds is 4. The van der Waals surface area contributed by atoms with E-state index >= 15 is 0 Å². The molecule has 1 aliphatic rings. The number of aliphatic hydroxyl groups excluding tert-OH is 1. The average molecular weight is 376 g/mol. The minimum atomic E-state index is -2.67. The van der Waals surface area contributed by atoms with Crippen molar-refractivity contribution in [2.75, 3.05) is 24.7 Å². The lowest BCUT2D eigenvalue weighted by molar-refractivity contribution is -0.0184. The molecule has 3 aromatic rings. The predicted molar refractivity (Wildman–Crippen MR) is 92.6 cm³/mol. The number of fused-ring (bicyclic) bond motifs is 1. The number of morpholine rings is 1. The van der Waals surface area contributed by atoms with Crippen molar-refractivity contribution in [3.8, 4) is 11.4 Å². The van der Waals surface area contributed by atoms with Gasteiger partial charge < -0.3 is 14.7 Å². The van der Waals surface area contributed by atoms with Crippen molar-refractivity contribution in [2.24, 2.45) is 0 Å². The van der Waals surface area contributed by atoms with E-state index < -0.39 is 6.43 Å². The summed E-state index contributed by atoms with van der Waals surface area (Å²) in [5, 5.41) is 13.4. The van der Waals surface area contributed by atoms with Crippen LogP contribution in [0.2, 0.25) is 0 Å². The molecule has 1 N–H and O–H groups in total. The van der Waals surface area contributed by atoms with Crippen LogP contribution in [0.4, 0.5) is 14.6 Å². The van der Waals surface area contributed by atoms with Gasteiger partial charge in [-0.2, -0.15) is 5.10 Å². The van der Waals surface area contributed by atoms with Crippen molar-refractivity contribution in [1.82, 2.24) is 24.6 Å². The summed E-state index contributed by atoms with van der Waals surface area (Å²) in [4.78, 5) is 14.8. The summed E-state index contributed by atoms with van der Waals surface area (Å²) in [6.07, 6.45) is -0.0152. The molecule has 1 aliphatic heterocycles. The molecule has 4 heterocycles. The Morgan fingerprint density at radius 1 is 1.30 bits per heavy atom. The number of aromatic nitrogens is 5. The molecular weight excluding hydrogens is 358 g/mol. The second-order valence-corrected chi connectivity index (χ2v) is 6.26. The second kappa shape index (κ2) is 7.12. The van der Waals surface area contributed by atoms with Crippen molar-refractivity contribution < 1.29 is 18.6 Å². The van der Waals surface area contributed by atoms with E-state index in [0.29, 0.717) is 36.0 Å². The number of nitrogens with zero attached hydrogens (tertiary/aromatic N) is 6. The molecule has 1 saturated heterocycles. The first-order chi connectivity index (χ1) is 13.1. The van der Waals surface area contributed by atoms with Crippen molar-refractivity contribution in [1.29, 1.82) is 0 Å². The van der Waals surface area contributed by atoms with Crippen molar-refractivity contribution in [3.63, 3.8) is 0 Å². The fourth-order valence-corrected chi connectivity index (χ4v) is 3.20. The smallest absolute Gasteiger partial charge is 0.282 e. The highest BCUT2D eigenvalue weighted by Crippen LogP contribution is 2.26. The van der Waals surface area contributed by atoms with Crippen molar-refractivity contribution in [2.45, 2.75) is 25.5 Å². The fraction of sp³-hybridized carbons (Fsp3) is 0.412. The van der Waals surface area contributed by atoms with Gasteiger partial charge in [-0.3, -0.25) is 0 Å². The number of aliphatic hydroxyl groups is 1. The maximum absolute atomic E-state index is 13.0. The number of imidazole rings is 1.